The average molecular weight is 349 g/mol. The first kappa shape index (κ1) is 15.8. The number of pyridine rings is 1. The van der Waals surface area contributed by atoms with Crippen LogP contribution in [0.2, 0.25) is 0 Å². The Morgan fingerprint density at radius 3 is 2.52 bits per heavy atom. The fourth-order valence-corrected chi connectivity index (χ4v) is 2.54. The van der Waals surface area contributed by atoms with Gasteiger partial charge in [0.2, 0.25) is 5.88 Å². The second kappa shape index (κ2) is 6.06. The van der Waals surface area contributed by atoms with Crippen LogP contribution < -0.4 is 10.5 Å². The van der Waals surface area contributed by atoms with E-state index in [1.165, 1.54) is 11.1 Å². The monoisotopic (exact) mass is 348 g/mol. The van der Waals surface area contributed by atoms with Crippen molar-refractivity contribution in [2.24, 2.45) is 0 Å². The van der Waals surface area contributed by atoms with Gasteiger partial charge in [0.05, 0.1) is 16.4 Å². The van der Waals surface area contributed by atoms with Crippen molar-refractivity contribution in [3.05, 3.63) is 46.1 Å². The van der Waals surface area contributed by atoms with Crippen LogP contribution in [0.3, 0.4) is 0 Å². The topological polar surface area (TPSA) is 48.1 Å². The van der Waals surface area contributed by atoms with E-state index in [4.69, 9.17) is 10.5 Å². The lowest BCUT2D eigenvalue weighted by atomic mass is 9.85. The highest BCUT2D eigenvalue weighted by Gasteiger charge is 2.20. The maximum Gasteiger partial charge on any atom is 0.233 e. The molecule has 0 aliphatic carbocycles. The van der Waals surface area contributed by atoms with Crippen molar-refractivity contribution in [2.75, 3.05) is 5.73 Å². The lowest BCUT2D eigenvalue weighted by molar-refractivity contribution is 0.437. The van der Waals surface area contributed by atoms with Gasteiger partial charge in [0.15, 0.2) is 0 Å². The molecule has 1 aromatic carbocycles. The summed E-state index contributed by atoms with van der Waals surface area (Å²) in [5.74, 6) is 1.36. The van der Waals surface area contributed by atoms with Gasteiger partial charge in [0, 0.05) is 5.56 Å². The van der Waals surface area contributed by atoms with Crippen molar-refractivity contribution >= 4 is 21.6 Å². The normalized spacial score (nSPS) is 11.5. The van der Waals surface area contributed by atoms with E-state index >= 15 is 0 Å². The van der Waals surface area contributed by atoms with Gasteiger partial charge >= 0.3 is 0 Å². The van der Waals surface area contributed by atoms with Crippen molar-refractivity contribution in [1.29, 1.82) is 0 Å². The van der Waals surface area contributed by atoms with Gasteiger partial charge in [-0.1, -0.05) is 39.8 Å². The van der Waals surface area contributed by atoms with E-state index in [9.17, 15) is 0 Å². The Morgan fingerprint density at radius 2 is 1.95 bits per heavy atom. The second-order valence-corrected chi connectivity index (χ2v) is 6.95. The van der Waals surface area contributed by atoms with Crippen molar-refractivity contribution in [1.82, 2.24) is 4.98 Å². The van der Waals surface area contributed by atoms with Crippen LogP contribution in [-0.2, 0) is 11.8 Å². The molecule has 2 rings (SSSR count). The number of hydrogen-bond acceptors (Lipinski definition) is 3. The maximum absolute atomic E-state index is 6.01. The number of rotatable bonds is 3. The van der Waals surface area contributed by atoms with Crippen LogP contribution in [0.15, 0.2) is 34.9 Å². The van der Waals surface area contributed by atoms with Gasteiger partial charge in [-0.05, 0) is 45.5 Å². The lowest BCUT2D eigenvalue weighted by Crippen LogP contribution is -2.13. The molecule has 0 spiro atoms. The van der Waals surface area contributed by atoms with E-state index in [1.807, 2.05) is 6.07 Å². The number of hydrogen-bond donors (Lipinski definition) is 1. The van der Waals surface area contributed by atoms with Crippen molar-refractivity contribution in [3.63, 3.8) is 0 Å². The first-order chi connectivity index (χ1) is 9.81. The van der Waals surface area contributed by atoms with Crippen LogP contribution in [0.1, 0.15) is 38.8 Å². The summed E-state index contributed by atoms with van der Waals surface area (Å²) in [6.07, 6.45) is 2.60. The first-order valence-electron chi connectivity index (χ1n) is 7.03. The molecule has 0 amide bonds. The van der Waals surface area contributed by atoms with Crippen LogP contribution >= 0.6 is 15.9 Å². The van der Waals surface area contributed by atoms with E-state index in [0.29, 0.717) is 11.6 Å². The Bertz CT molecular complexity index is 648. The molecule has 0 atom stereocenters. The minimum atomic E-state index is 0.000791. The predicted octanol–water partition coefficient (Wildman–Crippen LogP) is 5.08. The van der Waals surface area contributed by atoms with Gasteiger partial charge in [-0.3, -0.25) is 0 Å². The van der Waals surface area contributed by atoms with Gasteiger partial charge in [-0.2, -0.15) is 0 Å². The van der Waals surface area contributed by atoms with Crippen molar-refractivity contribution in [3.8, 4) is 11.6 Å². The smallest absolute Gasteiger partial charge is 0.233 e. The van der Waals surface area contributed by atoms with E-state index in [2.05, 4.69) is 60.7 Å². The highest BCUT2D eigenvalue weighted by molar-refractivity contribution is 9.10. The molecular weight excluding hydrogens is 328 g/mol. The largest absolute Gasteiger partial charge is 0.438 e. The van der Waals surface area contributed by atoms with Gasteiger partial charge in [0.1, 0.15) is 5.75 Å². The molecule has 0 radical (unpaired) electrons. The number of halogens is 1. The molecular formula is C17H21BrN2O. The Morgan fingerprint density at radius 1 is 1.24 bits per heavy atom. The summed E-state index contributed by atoms with van der Waals surface area (Å²) in [6.45, 7) is 8.70. The molecule has 21 heavy (non-hydrogen) atoms. The molecule has 0 fully saturated rings. The molecule has 0 saturated carbocycles. The SMILES string of the molecule is CCc1ccc(Oc2ncc(N)cc2Br)c(C(C)(C)C)c1. The van der Waals surface area contributed by atoms with Crippen LogP contribution in [0, 0.1) is 0 Å². The van der Waals surface area contributed by atoms with Gasteiger partial charge in [-0.25, -0.2) is 4.98 Å². The predicted molar refractivity (Wildman–Crippen MR) is 90.9 cm³/mol. The van der Waals surface area contributed by atoms with Crippen LogP contribution in [0.25, 0.3) is 0 Å². The third-order valence-corrected chi connectivity index (χ3v) is 3.86. The summed E-state index contributed by atoms with van der Waals surface area (Å²) in [5, 5.41) is 0. The molecule has 2 aromatic rings. The number of nitrogen functional groups attached to an aromatic ring is 1. The molecule has 2 N–H and O–H groups in total. The molecule has 3 nitrogen and oxygen atoms in total. The molecule has 1 heterocycles. The Kier molecular flexibility index (Phi) is 4.57. The Balaban J connectivity index is 2.44. The van der Waals surface area contributed by atoms with Gasteiger partial charge < -0.3 is 10.5 Å². The van der Waals surface area contributed by atoms with E-state index in [1.54, 1.807) is 12.3 Å². The number of aromatic nitrogens is 1. The fourth-order valence-electron chi connectivity index (χ4n) is 2.09. The molecule has 1 aromatic heterocycles. The lowest BCUT2D eigenvalue weighted by Gasteiger charge is -2.23. The molecule has 0 bridgehead atoms. The summed E-state index contributed by atoms with van der Waals surface area (Å²) in [4.78, 5) is 4.24. The van der Waals surface area contributed by atoms with Crippen LogP contribution in [-0.4, -0.2) is 4.98 Å². The van der Waals surface area contributed by atoms with Crippen molar-refractivity contribution < 1.29 is 4.74 Å². The third-order valence-electron chi connectivity index (χ3n) is 3.30. The average Bonchev–Trinajstić information content (AvgIpc) is 2.41. The molecule has 0 aliphatic rings. The summed E-state index contributed by atoms with van der Waals surface area (Å²) in [6, 6.07) is 8.11. The number of nitrogens with two attached hydrogens (primary N) is 1. The minimum Gasteiger partial charge on any atom is -0.438 e. The van der Waals surface area contributed by atoms with E-state index in [0.717, 1.165) is 16.6 Å². The minimum absolute atomic E-state index is 0.000791. The van der Waals surface area contributed by atoms with Crippen LogP contribution in [0.4, 0.5) is 5.69 Å². The number of anilines is 1. The Hall–Kier alpha value is -1.55. The molecule has 0 saturated heterocycles. The molecule has 0 unspecified atom stereocenters. The summed E-state index contributed by atoms with van der Waals surface area (Å²) < 4.78 is 6.76. The first-order valence-corrected chi connectivity index (χ1v) is 7.83. The standard InChI is InChI=1S/C17H21BrN2O/c1-5-11-6-7-15(13(8-11)17(2,3)4)21-16-14(18)9-12(19)10-20-16/h6-10H,5,19H2,1-4H3. The Labute approximate surface area is 134 Å². The summed E-state index contributed by atoms with van der Waals surface area (Å²) >= 11 is 3.44. The third kappa shape index (κ3) is 3.76. The zero-order chi connectivity index (χ0) is 15.6. The zero-order valence-electron chi connectivity index (χ0n) is 12.9. The highest BCUT2D eigenvalue weighted by atomic mass is 79.9. The molecule has 112 valence electrons. The van der Waals surface area contributed by atoms with Gasteiger partial charge in [0.25, 0.3) is 0 Å². The zero-order valence-corrected chi connectivity index (χ0v) is 14.5. The number of nitrogens with zero attached hydrogens (tertiary/aromatic N) is 1. The molecule has 4 heteroatoms. The summed E-state index contributed by atoms with van der Waals surface area (Å²) in [7, 11) is 0. The quantitative estimate of drug-likeness (QED) is 0.841. The van der Waals surface area contributed by atoms with E-state index in [-0.39, 0.29) is 5.41 Å². The number of aryl methyl sites for hydroxylation is 1. The highest BCUT2D eigenvalue weighted by Crippen LogP contribution is 2.36. The van der Waals surface area contributed by atoms with Crippen LogP contribution in [0.5, 0.6) is 11.6 Å². The number of ether oxygens (including phenoxy) is 1. The fraction of sp³-hybridized carbons (Fsp3) is 0.353. The second-order valence-electron chi connectivity index (χ2n) is 6.09. The van der Waals surface area contributed by atoms with Crippen molar-refractivity contribution in [2.45, 2.75) is 39.5 Å². The van der Waals surface area contributed by atoms with Gasteiger partial charge in [-0.15, -0.1) is 0 Å². The maximum atomic E-state index is 6.01. The molecule has 0 aliphatic heterocycles. The van der Waals surface area contributed by atoms with E-state index < -0.39 is 0 Å². The summed E-state index contributed by atoms with van der Waals surface area (Å²) in [5.41, 5.74) is 8.79. The number of benzene rings is 1.